The molecule has 4 aromatic rings. The van der Waals surface area contributed by atoms with Crippen LogP contribution in [0.2, 0.25) is 5.02 Å². The van der Waals surface area contributed by atoms with E-state index in [0.717, 1.165) is 5.56 Å². The predicted molar refractivity (Wildman–Crippen MR) is 121 cm³/mol. The van der Waals surface area contributed by atoms with E-state index in [9.17, 15) is 9.18 Å². The van der Waals surface area contributed by atoms with Crippen molar-refractivity contribution < 1.29 is 13.6 Å². The van der Waals surface area contributed by atoms with E-state index in [1.165, 1.54) is 18.4 Å². The number of carbonyl (C=O) groups excluding carboxylic acids is 1. The van der Waals surface area contributed by atoms with E-state index in [1.54, 1.807) is 36.3 Å². The lowest BCUT2D eigenvalue weighted by Crippen LogP contribution is -2.28. The van der Waals surface area contributed by atoms with Crippen LogP contribution in [-0.4, -0.2) is 30.6 Å². The highest BCUT2D eigenvalue weighted by molar-refractivity contribution is 6.30. The van der Waals surface area contributed by atoms with Gasteiger partial charge in [0.15, 0.2) is 0 Å². The maximum absolute atomic E-state index is 13.7. The number of anilines is 2. The number of hydrogen-bond donors (Lipinski definition) is 2. The Bertz CT molecular complexity index is 1280. The van der Waals surface area contributed by atoms with Gasteiger partial charge in [0.25, 0.3) is 5.89 Å². The van der Waals surface area contributed by atoms with E-state index in [1.807, 2.05) is 13.8 Å². The summed E-state index contributed by atoms with van der Waals surface area (Å²) in [4.78, 5) is 25.8. The number of benzene rings is 1. The number of rotatable bonds is 7. The van der Waals surface area contributed by atoms with Gasteiger partial charge in [0, 0.05) is 24.3 Å². The van der Waals surface area contributed by atoms with Gasteiger partial charge in [-0.3, -0.25) is 9.48 Å². The van der Waals surface area contributed by atoms with E-state index in [0.29, 0.717) is 35.1 Å². The maximum atomic E-state index is 13.7. The molecule has 0 saturated carbocycles. The van der Waals surface area contributed by atoms with Crippen molar-refractivity contribution >= 4 is 29.3 Å². The third kappa shape index (κ3) is 5.01. The molecule has 0 spiro atoms. The fourth-order valence-corrected chi connectivity index (χ4v) is 3.51. The first-order chi connectivity index (χ1) is 15.8. The molecule has 0 bridgehead atoms. The van der Waals surface area contributed by atoms with Crippen molar-refractivity contribution in [2.24, 2.45) is 7.05 Å². The molecule has 2 N–H and O–H groups in total. The Hall–Kier alpha value is -3.79. The molecule has 0 aliphatic heterocycles. The summed E-state index contributed by atoms with van der Waals surface area (Å²) in [6, 6.07) is 5.49. The van der Waals surface area contributed by atoms with Gasteiger partial charge in [0.1, 0.15) is 29.3 Å². The van der Waals surface area contributed by atoms with Crippen LogP contribution >= 0.6 is 11.6 Å². The molecule has 33 heavy (non-hydrogen) atoms. The lowest BCUT2D eigenvalue weighted by Gasteiger charge is -2.16. The summed E-state index contributed by atoms with van der Waals surface area (Å²) in [6.45, 7) is 3.70. The first-order valence-electron chi connectivity index (χ1n) is 10.2. The minimum atomic E-state index is -0.534. The molecular formula is C22H21ClFN7O2. The van der Waals surface area contributed by atoms with Crippen LogP contribution in [0.3, 0.4) is 0 Å². The smallest absolute Gasteiger partial charge is 0.307 e. The highest BCUT2D eigenvalue weighted by Crippen LogP contribution is 2.25. The van der Waals surface area contributed by atoms with Gasteiger partial charge in [-0.15, -0.1) is 0 Å². The standard InChI is InChI=1S/C22H21ClFN7O2/c1-4-16(13-7-14(23)9-15(24)8-13)27-20(32)21-28-17(11-33-21)19-12(2)10-25-22(30-19)29-18-5-6-26-31(18)3/h5-11,16H,4H2,1-3H3,(H,27,32)(H,25,29,30)/t16-/m1/s1. The quantitative estimate of drug-likeness (QED) is 0.407. The van der Waals surface area contributed by atoms with E-state index < -0.39 is 17.8 Å². The zero-order valence-electron chi connectivity index (χ0n) is 18.1. The predicted octanol–water partition coefficient (Wildman–Crippen LogP) is 4.59. The van der Waals surface area contributed by atoms with Crippen molar-refractivity contribution in [2.45, 2.75) is 26.3 Å². The molecule has 0 aliphatic carbocycles. The molecular weight excluding hydrogens is 449 g/mol. The lowest BCUT2D eigenvalue weighted by molar-refractivity contribution is 0.0900. The van der Waals surface area contributed by atoms with Gasteiger partial charge in [-0.2, -0.15) is 5.10 Å². The van der Waals surface area contributed by atoms with E-state index >= 15 is 0 Å². The fraction of sp³-hybridized carbons (Fsp3) is 0.227. The van der Waals surface area contributed by atoms with Crippen molar-refractivity contribution in [2.75, 3.05) is 5.32 Å². The van der Waals surface area contributed by atoms with Crippen molar-refractivity contribution in [3.05, 3.63) is 70.8 Å². The van der Waals surface area contributed by atoms with Crippen molar-refractivity contribution in [3.63, 3.8) is 0 Å². The fourth-order valence-electron chi connectivity index (χ4n) is 3.28. The number of amides is 1. The molecule has 0 radical (unpaired) electrons. The van der Waals surface area contributed by atoms with Gasteiger partial charge in [0.2, 0.25) is 5.95 Å². The minimum absolute atomic E-state index is 0.134. The second-order valence-corrected chi connectivity index (χ2v) is 7.80. The number of nitrogens with one attached hydrogen (secondary N) is 2. The van der Waals surface area contributed by atoms with E-state index in [4.69, 9.17) is 16.0 Å². The number of aryl methyl sites for hydroxylation is 2. The van der Waals surface area contributed by atoms with E-state index in [-0.39, 0.29) is 10.9 Å². The summed E-state index contributed by atoms with van der Waals surface area (Å²) in [7, 11) is 1.79. The molecule has 9 nitrogen and oxygen atoms in total. The van der Waals surface area contributed by atoms with Crippen LogP contribution in [0.25, 0.3) is 11.4 Å². The Morgan fingerprint density at radius 1 is 1.30 bits per heavy atom. The number of nitrogens with zero attached hydrogens (tertiary/aromatic N) is 5. The summed E-state index contributed by atoms with van der Waals surface area (Å²) >= 11 is 5.95. The monoisotopic (exact) mass is 469 g/mol. The van der Waals surface area contributed by atoms with Crippen LogP contribution < -0.4 is 10.6 Å². The lowest BCUT2D eigenvalue weighted by atomic mass is 10.0. The second kappa shape index (κ2) is 9.37. The molecule has 0 saturated heterocycles. The topological polar surface area (TPSA) is 111 Å². The number of oxazole rings is 1. The van der Waals surface area contributed by atoms with Gasteiger partial charge in [-0.1, -0.05) is 18.5 Å². The molecule has 0 unspecified atom stereocenters. The number of carbonyl (C=O) groups is 1. The molecule has 170 valence electrons. The zero-order chi connectivity index (χ0) is 23.5. The minimum Gasteiger partial charge on any atom is -0.440 e. The average Bonchev–Trinajstić information content (AvgIpc) is 3.42. The van der Waals surface area contributed by atoms with Crippen molar-refractivity contribution in [1.82, 2.24) is 30.0 Å². The second-order valence-electron chi connectivity index (χ2n) is 7.37. The Morgan fingerprint density at radius 2 is 2.12 bits per heavy atom. The van der Waals surface area contributed by atoms with Crippen LogP contribution in [0.4, 0.5) is 16.2 Å². The van der Waals surface area contributed by atoms with Crippen LogP contribution in [0, 0.1) is 12.7 Å². The molecule has 0 aliphatic rings. The maximum Gasteiger partial charge on any atom is 0.307 e. The first kappa shape index (κ1) is 22.4. The Morgan fingerprint density at radius 3 is 2.82 bits per heavy atom. The highest BCUT2D eigenvalue weighted by atomic mass is 35.5. The summed E-state index contributed by atoms with van der Waals surface area (Å²) in [5, 5.41) is 10.2. The largest absolute Gasteiger partial charge is 0.440 e. The van der Waals surface area contributed by atoms with Crippen molar-refractivity contribution in [1.29, 1.82) is 0 Å². The molecule has 0 fully saturated rings. The molecule has 1 atom stereocenters. The SMILES string of the molecule is CC[C@@H](NC(=O)c1nc(-c2nc(Nc3ccnn3C)ncc2C)co1)c1cc(F)cc(Cl)c1. The normalized spacial score (nSPS) is 11.9. The Labute approximate surface area is 194 Å². The summed E-state index contributed by atoms with van der Waals surface area (Å²) < 4.78 is 20.8. The van der Waals surface area contributed by atoms with Gasteiger partial charge < -0.3 is 15.1 Å². The van der Waals surface area contributed by atoms with Crippen LogP contribution in [0.5, 0.6) is 0 Å². The summed E-state index contributed by atoms with van der Waals surface area (Å²) in [5.74, 6) is -0.0766. The number of aromatic nitrogens is 5. The van der Waals surface area contributed by atoms with Gasteiger partial charge in [-0.25, -0.2) is 19.3 Å². The molecule has 3 heterocycles. The Kier molecular flexibility index (Phi) is 6.36. The van der Waals surface area contributed by atoms with Gasteiger partial charge >= 0.3 is 5.91 Å². The van der Waals surface area contributed by atoms with Gasteiger partial charge in [0.05, 0.1) is 12.2 Å². The van der Waals surface area contributed by atoms with E-state index in [2.05, 4.69) is 30.7 Å². The first-order valence-corrected chi connectivity index (χ1v) is 10.5. The molecule has 1 aromatic carbocycles. The van der Waals surface area contributed by atoms with Crippen LogP contribution in [0.1, 0.15) is 41.2 Å². The molecule has 11 heteroatoms. The third-order valence-corrected chi connectivity index (χ3v) is 5.19. The molecule has 1 amide bonds. The van der Waals surface area contributed by atoms with Crippen LogP contribution in [0.15, 0.2) is 47.3 Å². The van der Waals surface area contributed by atoms with Gasteiger partial charge in [-0.05, 0) is 42.7 Å². The molecule has 4 rings (SSSR count). The number of halogens is 2. The highest BCUT2D eigenvalue weighted by Gasteiger charge is 2.21. The third-order valence-electron chi connectivity index (χ3n) is 4.97. The summed E-state index contributed by atoms with van der Waals surface area (Å²) in [6.07, 6.45) is 5.18. The van der Waals surface area contributed by atoms with Crippen LogP contribution in [-0.2, 0) is 7.05 Å². The zero-order valence-corrected chi connectivity index (χ0v) is 18.9. The Balaban J connectivity index is 1.54. The average molecular weight is 470 g/mol. The van der Waals surface area contributed by atoms with Crippen molar-refractivity contribution in [3.8, 4) is 11.4 Å². The number of hydrogen-bond acceptors (Lipinski definition) is 7. The molecule has 3 aromatic heterocycles. The summed E-state index contributed by atoms with van der Waals surface area (Å²) in [5.41, 5.74) is 2.21.